The van der Waals surface area contributed by atoms with Crippen molar-refractivity contribution in [2.75, 3.05) is 0 Å². The van der Waals surface area contributed by atoms with Crippen molar-refractivity contribution in [1.82, 2.24) is 14.4 Å². The quantitative estimate of drug-likeness (QED) is 0.694. The number of hydrogen-bond donors (Lipinski definition) is 1. The molecular formula is C16H11FN4O. The normalized spacial score (nSPS) is 10.3. The van der Waals surface area contributed by atoms with Crippen molar-refractivity contribution in [3.63, 3.8) is 0 Å². The fourth-order valence-electron chi connectivity index (χ4n) is 2.00. The minimum absolute atomic E-state index is 0.0841. The number of imidazole rings is 1. The lowest BCUT2D eigenvalue weighted by atomic mass is 10.2. The van der Waals surface area contributed by atoms with Crippen LogP contribution in [0.15, 0.2) is 36.7 Å². The van der Waals surface area contributed by atoms with E-state index in [-0.39, 0.29) is 11.4 Å². The predicted molar refractivity (Wildman–Crippen MR) is 78.6 cm³/mol. The highest BCUT2D eigenvalue weighted by molar-refractivity contribution is 5.91. The van der Waals surface area contributed by atoms with Gasteiger partial charge in [-0.05, 0) is 37.1 Å². The summed E-state index contributed by atoms with van der Waals surface area (Å²) >= 11 is 0. The number of rotatable bonds is 1. The first-order chi connectivity index (χ1) is 10.5. The highest BCUT2D eigenvalue weighted by Gasteiger charge is 2.08. The Bertz CT molecular complexity index is 950. The molecule has 3 aromatic heterocycles. The van der Waals surface area contributed by atoms with Crippen LogP contribution < -0.4 is 5.73 Å². The lowest BCUT2D eigenvalue weighted by Crippen LogP contribution is -2.13. The third-order valence-electron chi connectivity index (χ3n) is 3.07. The van der Waals surface area contributed by atoms with Gasteiger partial charge in [-0.2, -0.15) is 0 Å². The summed E-state index contributed by atoms with van der Waals surface area (Å²) in [6.45, 7) is 1.77. The van der Waals surface area contributed by atoms with E-state index in [1.807, 2.05) is 0 Å². The first-order valence-electron chi connectivity index (χ1n) is 6.46. The lowest BCUT2D eigenvalue weighted by Gasteiger charge is -1.98. The van der Waals surface area contributed by atoms with Gasteiger partial charge < -0.3 is 5.73 Å². The van der Waals surface area contributed by atoms with Gasteiger partial charge in [-0.25, -0.2) is 14.4 Å². The number of pyridine rings is 2. The summed E-state index contributed by atoms with van der Waals surface area (Å²) in [5.74, 6) is 4.46. The highest BCUT2D eigenvalue weighted by atomic mass is 19.1. The highest BCUT2D eigenvalue weighted by Crippen LogP contribution is 2.09. The number of carbonyl (C=O) groups excluding carboxylic acids is 1. The second-order valence-corrected chi connectivity index (χ2v) is 4.69. The maximum Gasteiger partial charge on any atom is 0.267 e. The molecule has 22 heavy (non-hydrogen) atoms. The Kier molecular flexibility index (Phi) is 3.31. The third-order valence-corrected chi connectivity index (χ3v) is 3.07. The van der Waals surface area contributed by atoms with Crippen LogP contribution in [0.3, 0.4) is 0 Å². The molecule has 0 bridgehead atoms. The largest absolute Gasteiger partial charge is 0.364 e. The first-order valence-corrected chi connectivity index (χ1v) is 6.46. The van der Waals surface area contributed by atoms with E-state index in [0.29, 0.717) is 16.9 Å². The lowest BCUT2D eigenvalue weighted by molar-refractivity contribution is 0.0995. The maximum absolute atomic E-state index is 13.6. The Morgan fingerprint density at radius 3 is 2.86 bits per heavy atom. The van der Waals surface area contributed by atoms with Crippen LogP contribution >= 0.6 is 0 Å². The van der Waals surface area contributed by atoms with Crippen molar-refractivity contribution in [1.29, 1.82) is 0 Å². The van der Waals surface area contributed by atoms with E-state index in [1.54, 1.807) is 35.7 Å². The molecule has 3 rings (SSSR count). The number of hydrogen-bond acceptors (Lipinski definition) is 3. The van der Waals surface area contributed by atoms with Crippen molar-refractivity contribution < 1.29 is 9.18 Å². The van der Waals surface area contributed by atoms with Crippen LogP contribution in [0.1, 0.15) is 27.4 Å². The minimum atomic E-state index is -0.580. The molecule has 2 N–H and O–H groups in total. The van der Waals surface area contributed by atoms with Crippen molar-refractivity contribution in [3.05, 3.63) is 65.1 Å². The Morgan fingerprint density at radius 1 is 1.27 bits per heavy atom. The van der Waals surface area contributed by atoms with Crippen LogP contribution in [0.5, 0.6) is 0 Å². The topological polar surface area (TPSA) is 73.3 Å². The van der Waals surface area contributed by atoms with Crippen molar-refractivity contribution >= 4 is 11.6 Å². The molecule has 0 aromatic carbocycles. The second kappa shape index (κ2) is 5.30. The number of carbonyl (C=O) groups is 1. The average molecular weight is 294 g/mol. The average Bonchev–Trinajstić information content (AvgIpc) is 2.91. The fourth-order valence-corrected chi connectivity index (χ4v) is 2.00. The fraction of sp³-hybridized carbons (Fsp3) is 0.0625. The Morgan fingerprint density at radius 2 is 2.09 bits per heavy atom. The Hall–Kier alpha value is -3.20. The molecule has 0 aliphatic heterocycles. The molecule has 3 aromatic rings. The first kappa shape index (κ1) is 13.8. The van der Waals surface area contributed by atoms with Crippen LogP contribution in [-0.2, 0) is 0 Å². The van der Waals surface area contributed by atoms with Gasteiger partial charge in [0.15, 0.2) is 5.82 Å². The van der Waals surface area contributed by atoms with Gasteiger partial charge in [0.05, 0.1) is 6.20 Å². The minimum Gasteiger partial charge on any atom is -0.364 e. The van der Waals surface area contributed by atoms with Crippen molar-refractivity contribution in [2.24, 2.45) is 5.73 Å². The number of primary amides is 1. The summed E-state index contributed by atoms with van der Waals surface area (Å²) in [6.07, 6.45) is 3.03. The van der Waals surface area contributed by atoms with Gasteiger partial charge in [0.25, 0.3) is 5.91 Å². The summed E-state index contributed by atoms with van der Waals surface area (Å²) in [4.78, 5) is 19.4. The number of fused-ring (bicyclic) bond motifs is 1. The number of nitrogens with zero attached hydrogens (tertiary/aromatic N) is 3. The summed E-state index contributed by atoms with van der Waals surface area (Å²) in [7, 11) is 0. The van der Waals surface area contributed by atoms with E-state index in [4.69, 9.17) is 5.73 Å². The Balaban J connectivity index is 2.05. The molecule has 0 saturated carbocycles. The van der Waals surface area contributed by atoms with E-state index in [0.717, 1.165) is 0 Å². The number of aromatic nitrogens is 3. The third kappa shape index (κ3) is 2.52. The molecule has 6 heteroatoms. The molecule has 0 atom stereocenters. The van der Waals surface area contributed by atoms with Gasteiger partial charge in [0.2, 0.25) is 0 Å². The molecule has 0 saturated heterocycles. The summed E-state index contributed by atoms with van der Waals surface area (Å²) in [5, 5.41) is 0. The van der Waals surface area contributed by atoms with Gasteiger partial charge in [-0.15, -0.1) is 0 Å². The molecule has 5 nitrogen and oxygen atoms in total. The van der Waals surface area contributed by atoms with E-state index in [1.165, 1.54) is 12.3 Å². The van der Waals surface area contributed by atoms with Crippen LogP contribution in [0.2, 0.25) is 0 Å². The molecule has 0 fully saturated rings. The molecule has 0 radical (unpaired) electrons. The van der Waals surface area contributed by atoms with E-state index >= 15 is 0 Å². The molecular weight excluding hydrogens is 283 g/mol. The molecule has 0 spiro atoms. The van der Waals surface area contributed by atoms with Gasteiger partial charge in [-0.1, -0.05) is 5.92 Å². The summed E-state index contributed by atoms with van der Waals surface area (Å²) < 4.78 is 15.2. The number of nitrogens with two attached hydrogens (primary N) is 1. The maximum atomic E-state index is 13.6. The van der Waals surface area contributed by atoms with E-state index < -0.39 is 11.7 Å². The van der Waals surface area contributed by atoms with Gasteiger partial charge in [-0.3, -0.25) is 9.20 Å². The monoisotopic (exact) mass is 294 g/mol. The molecule has 3 heterocycles. The summed E-state index contributed by atoms with van der Waals surface area (Å²) in [5.41, 5.74) is 7.49. The molecule has 0 aliphatic carbocycles. The van der Waals surface area contributed by atoms with Gasteiger partial charge >= 0.3 is 0 Å². The standard InChI is InChI=1S/C16H11FN4O/c1-10-2-5-12(17)13(20-10)6-3-11-4-7-15-19-8-14(16(18)22)21(15)9-11/h2,4-5,7-9H,1H3,(H2,18,22). The van der Waals surface area contributed by atoms with Crippen LogP contribution in [-0.4, -0.2) is 20.3 Å². The van der Waals surface area contributed by atoms with Crippen molar-refractivity contribution in [3.8, 4) is 11.8 Å². The SMILES string of the molecule is Cc1ccc(F)c(C#Cc2ccc3ncc(C(N)=O)n3c2)n1. The van der Waals surface area contributed by atoms with Crippen LogP contribution in [0.25, 0.3) is 5.65 Å². The molecule has 0 aliphatic rings. The Labute approximate surface area is 125 Å². The zero-order chi connectivity index (χ0) is 15.7. The van der Waals surface area contributed by atoms with Gasteiger partial charge in [0, 0.05) is 17.5 Å². The summed E-state index contributed by atoms with van der Waals surface area (Å²) in [6, 6.07) is 6.35. The zero-order valence-electron chi connectivity index (χ0n) is 11.7. The zero-order valence-corrected chi connectivity index (χ0v) is 11.7. The molecule has 108 valence electrons. The van der Waals surface area contributed by atoms with E-state index in [9.17, 15) is 9.18 Å². The number of amides is 1. The number of halogens is 1. The second-order valence-electron chi connectivity index (χ2n) is 4.69. The molecule has 1 amide bonds. The van der Waals surface area contributed by atoms with Gasteiger partial charge in [0.1, 0.15) is 17.0 Å². The van der Waals surface area contributed by atoms with Crippen LogP contribution in [0, 0.1) is 24.6 Å². The molecule has 0 unspecified atom stereocenters. The smallest absolute Gasteiger partial charge is 0.267 e. The predicted octanol–water partition coefficient (Wildman–Crippen LogP) is 1.68. The number of aryl methyl sites for hydroxylation is 1. The van der Waals surface area contributed by atoms with Crippen molar-refractivity contribution in [2.45, 2.75) is 6.92 Å². The van der Waals surface area contributed by atoms with Crippen LogP contribution in [0.4, 0.5) is 4.39 Å². The van der Waals surface area contributed by atoms with E-state index in [2.05, 4.69) is 21.8 Å².